The highest BCUT2D eigenvalue weighted by molar-refractivity contribution is 5.55. The van der Waals surface area contributed by atoms with Crippen LogP contribution in [0, 0.1) is 0 Å². The highest BCUT2D eigenvalue weighted by Gasteiger charge is 2.02. The average Bonchev–Trinajstić information content (AvgIpc) is 1.64. The monoisotopic (exact) mass is 113 g/mol. The van der Waals surface area contributed by atoms with Gasteiger partial charge in [-0.3, -0.25) is 5.21 Å². The maximum absolute atomic E-state index is 8.61. The zero-order valence-corrected chi connectivity index (χ0v) is 4.07. The second-order valence-corrected chi connectivity index (χ2v) is 1.41. The summed E-state index contributed by atoms with van der Waals surface area (Å²) < 4.78 is 0. The van der Waals surface area contributed by atoms with Gasteiger partial charge < -0.3 is 5.11 Å². The molecule has 1 radical (unpaired) electrons. The number of rotatable bonds is 0. The SMILES string of the molecule is OC1=CN=[C]N(O)C1. The maximum atomic E-state index is 8.61. The summed E-state index contributed by atoms with van der Waals surface area (Å²) in [6.07, 6.45) is 3.42. The van der Waals surface area contributed by atoms with Crippen LogP contribution in [0.1, 0.15) is 0 Å². The highest BCUT2D eigenvalue weighted by Crippen LogP contribution is 1.95. The Balaban J connectivity index is 2.59. The van der Waals surface area contributed by atoms with Gasteiger partial charge in [0.2, 0.25) is 0 Å². The third-order valence-corrected chi connectivity index (χ3v) is 0.699. The minimum atomic E-state index is 0.0336. The third-order valence-electron chi connectivity index (χ3n) is 0.699. The van der Waals surface area contributed by atoms with Crippen molar-refractivity contribution in [1.82, 2.24) is 5.06 Å². The van der Waals surface area contributed by atoms with Gasteiger partial charge >= 0.3 is 0 Å². The molecule has 0 bridgehead atoms. The van der Waals surface area contributed by atoms with Crippen LogP contribution in [0.3, 0.4) is 0 Å². The minimum absolute atomic E-state index is 0.0336. The second kappa shape index (κ2) is 1.83. The molecule has 43 valence electrons. The molecule has 1 heterocycles. The minimum Gasteiger partial charge on any atom is -0.509 e. The lowest BCUT2D eigenvalue weighted by Crippen LogP contribution is -2.21. The van der Waals surface area contributed by atoms with Crippen molar-refractivity contribution in [3.8, 4) is 0 Å². The van der Waals surface area contributed by atoms with Crippen molar-refractivity contribution in [3.05, 3.63) is 12.0 Å². The van der Waals surface area contributed by atoms with Gasteiger partial charge in [-0.05, 0) is 0 Å². The van der Waals surface area contributed by atoms with Crippen LogP contribution in [-0.2, 0) is 0 Å². The van der Waals surface area contributed by atoms with E-state index in [0.717, 1.165) is 0 Å². The molecule has 0 amide bonds. The Morgan fingerprint density at radius 1 is 1.88 bits per heavy atom. The third kappa shape index (κ3) is 0.974. The number of hydrogen-bond donors (Lipinski definition) is 2. The van der Waals surface area contributed by atoms with E-state index in [1.165, 1.54) is 6.20 Å². The van der Waals surface area contributed by atoms with E-state index in [1.807, 2.05) is 0 Å². The molecule has 4 heteroatoms. The molecule has 0 aromatic rings. The van der Waals surface area contributed by atoms with E-state index >= 15 is 0 Å². The Labute approximate surface area is 46.3 Å². The fourth-order valence-corrected chi connectivity index (χ4v) is 0.400. The summed E-state index contributed by atoms with van der Waals surface area (Å²) in [4.78, 5) is 3.35. The summed E-state index contributed by atoms with van der Waals surface area (Å²) in [5.74, 6) is 0.0336. The van der Waals surface area contributed by atoms with E-state index in [-0.39, 0.29) is 12.3 Å². The Morgan fingerprint density at radius 3 is 3.00 bits per heavy atom. The van der Waals surface area contributed by atoms with Gasteiger partial charge in [0, 0.05) is 0 Å². The topological polar surface area (TPSA) is 56.1 Å². The van der Waals surface area contributed by atoms with Crippen molar-refractivity contribution in [2.45, 2.75) is 0 Å². The summed E-state index contributed by atoms with van der Waals surface area (Å²) in [5.41, 5.74) is 0. The molecular weight excluding hydrogens is 108 g/mol. The molecular formula is C4H5N2O2. The Hall–Kier alpha value is -1.03. The fourth-order valence-electron chi connectivity index (χ4n) is 0.400. The normalized spacial score (nSPS) is 18.6. The van der Waals surface area contributed by atoms with Gasteiger partial charge in [0.15, 0.2) is 6.34 Å². The number of aliphatic hydroxyl groups excluding tert-OH is 1. The number of aliphatic imine (C=N–C) groups is 1. The van der Waals surface area contributed by atoms with Crippen LogP contribution < -0.4 is 0 Å². The Morgan fingerprint density at radius 2 is 2.62 bits per heavy atom. The van der Waals surface area contributed by atoms with Crippen molar-refractivity contribution in [2.75, 3.05) is 6.54 Å². The molecule has 0 saturated carbocycles. The molecule has 4 nitrogen and oxygen atoms in total. The average molecular weight is 113 g/mol. The van der Waals surface area contributed by atoms with Crippen LogP contribution in [0.5, 0.6) is 0 Å². The summed E-state index contributed by atoms with van der Waals surface area (Å²) in [5, 5.41) is 17.8. The molecule has 0 aliphatic carbocycles. The number of hydrogen-bond acceptors (Lipinski definition) is 4. The first-order chi connectivity index (χ1) is 3.79. The molecule has 0 atom stereocenters. The molecule has 1 aliphatic rings. The number of aliphatic hydroxyl groups is 1. The van der Waals surface area contributed by atoms with E-state index in [9.17, 15) is 0 Å². The smallest absolute Gasteiger partial charge is 0.198 e. The predicted molar refractivity (Wildman–Crippen MR) is 26.6 cm³/mol. The Kier molecular flexibility index (Phi) is 1.17. The Bertz CT molecular complexity index is 141. The van der Waals surface area contributed by atoms with Crippen molar-refractivity contribution >= 4 is 6.34 Å². The molecule has 0 saturated heterocycles. The lowest BCUT2D eigenvalue weighted by molar-refractivity contribution is -0.00915. The fraction of sp³-hybridized carbons (Fsp3) is 0.250. The van der Waals surface area contributed by atoms with Crippen molar-refractivity contribution in [3.63, 3.8) is 0 Å². The summed E-state index contributed by atoms with van der Waals surface area (Å²) in [6.45, 7) is 0.0729. The zero-order chi connectivity index (χ0) is 5.98. The van der Waals surface area contributed by atoms with Gasteiger partial charge in [0.25, 0.3) is 0 Å². The van der Waals surface area contributed by atoms with Gasteiger partial charge in [-0.1, -0.05) is 0 Å². The lowest BCUT2D eigenvalue weighted by atomic mass is 10.5. The van der Waals surface area contributed by atoms with E-state index in [1.54, 1.807) is 0 Å². The summed E-state index contributed by atoms with van der Waals surface area (Å²) >= 11 is 0. The molecule has 0 fully saturated rings. The van der Waals surface area contributed by atoms with Crippen LogP contribution in [-0.4, -0.2) is 28.3 Å². The molecule has 8 heavy (non-hydrogen) atoms. The van der Waals surface area contributed by atoms with E-state index < -0.39 is 0 Å². The van der Waals surface area contributed by atoms with Crippen LogP contribution >= 0.6 is 0 Å². The zero-order valence-electron chi connectivity index (χ0n) is 4.07. The van der Waals surface area contributed by atoms with Crippen molar-refractivity contribution in [1.29, 1.82) is 0 Å². The van der Waals surface area contributed by atoms with E-state index in [4.69, 9.17) is 10.3 Å². The first kappa shape index (κ1) is 5.11. The molecule has 0 unspecified atom stereocenters. The highest BCUT2D eigenvalue weighted by atomic mass is 16.5. The van der Waals surface area contributed by atoms with Crippen LogP contribution in [0.4, 0.5) is 0 Å². The van der Waals surface area contributed by atoms with Crippen LogP contribution in [0.25, 0.3) is 0 Å². The largest absolute Gasteiger partial charge is 0.509 e. The van der Waals surface area contributed by atoms with Crippen molar-refractivity contribution < 1.29 is 10.3 Å². The molecule has 2 N–H and O–H groups in total. The van der Waals surface area contributed by atoms with Crippen LogP contribution in [0.2, 0.25) is 0 Å². The van der Waals surface area contributed by atoms with Gasteiger partial charge in [-0.15, -0.1) is 0 Å². The van der Waals surface area contributed by atoms with Gasteiger partial charge in [0.1, 0.15) is 12.3 Å². The molecule has 0 aromatic heterocycles. The molecule has 0 spiro atoms. The lowest BCUT2D eigenvalue weighted by Gasteiger charge is -2.10. The summed E-state index contributed by atoms with van der Waals surface area (Å²) in [7, 11) is 0. The first-order valence-electron chi connectivity index (χ1n) is 2.09. The number of hydroxylamine groups is 2. The summed E-state index contributed by atoms with van der Waals surface area (Å²) in [6, 6.07) is 0. The van der Waals surface area contributed by atoms with Gasteiger partial charge in [0.05, 0.1) is 6.20 Å². The van der Waals surface area contributed by atoms with Gasteiger partial charge in [-0.25, -0.2) is 10.1 Å². The van der Waals surface area contributed by atoms with E-state index in [0.29, 0.717) is 5.06 Å². The van der Waals surface area contributed by atoms with Crippen molar-refractivity contribution in [2.24, 2.45) is 4.99 Å². The molecule has 0 aromatic carbocycles. The standard InChI is InChI=1S/C4H5N2O2/c7-4-1-5-3-6(8)2-4/h1,7-8H,2H2. The van der Waals surface area contributed by atoms with Crippen LogP contribution in [0.15, 0.2) is 17.0 Å². The predicted octanol–water partition coefficient (Wildman–Crippen LogP) is -0.00410. The first-order valence-corrected chi connectivity index (χ1v) is 2.09. The second-order valence-electron chi connectivity index (χ2n) is 1.41. The van der Waals surface area contributed by atoms with E-state index in [2.05, 4.69) is 11.3 Å². The maximum Gasteiger partial charge on any atom is 0.198 e. The quantitative estimate of drug-likeness (QED) is 0.464. The van der Waals surface area contributed by atoms with Gasteiger partial charge in [-0.2, -0.15) is 0 Å². The molecule has 1 rings (SSSR count). The molecule has 1 aliphatic heterocycles. The number of nitrogens with zero attached hydrogens (tertiary/aromatic N) is 2.